The topological polar surface area (TPSA) is 83.4 Å². The van der Waals surface area contributed by atoms with E-state index in [1.807, 2.05) is 12.1 Å². The molecular formula is C23H22N4O3S2. The van der Waals surface area contributed by atoms with Crippen molar-refractivity contribution in [1.29, 1.82) is 0 Å². The Hall–Kier alpha value is -2.72. The Labute approximate surface area is 191 Å². The minimum absolute atomic E-state index is 0.268. The van der Waals surface area contributed by atoms with Crippen LogP contribution in [0, 0.1) is 0 Å². The Kier molecular flexibility index (Phi) is 5.97. The van der Waals surface area contributed by atoms with Gasteiger partial charge in [0, 0.05) is 18.8 Å². The van der Waals surface area contributed by atoms with Crippen molar-refractivity contribution in [2.45, 2.75) is 4.90 Å². The summed E-state index contributed by atoms with van der Waals surface area (Å²) in [5, 5.41) is 7.57. The molecule has 0 saturated carbocycles. The molecule has 0 bridgehead atoms. The van der Waals surface area contributed by atoms with E-state index in [2.05, 4.69) is 45.9 Å². The first-order valence-electron chi connectivity index (χ1n) is 10.3. The number of rotatable bonds is 4. The third-order valence-corrected chi connectivity index (χ3v) is 8.18. The second-order valence-electron chi connectivity index (χ2n) is 7.45. The van der Waals surface area contributed by atoms with Crippen LogP contribution in [0.3, 0.4) is 0 Å². The van der Waals surface area contributed by atoms with Crippen LogP contribution in [-0.4, -0.2) is 55.7 Å². The lowest BCUT2D eigenvalue weighted by Crippen LogP contribution is -2.40. The monoisotopic (exact) mass is 466 g/mol. The number of hydrogen-bond acceptors (Lipinski definition) is 6. The first-order chi connectivity index (χ1) is 15.6. The van der Waals surface area contributed by atoms with Crippen LogP contribution in [0.2, 0.25) is 0 Å². The highest BCUT2D eigenvalue weighted by Gasteiger charge is 2.26. The van der Waals surface area contributed by atoms with Crippen LogP contribution >= 0.6 is 11.8 Å². The zero-order valence-corrected chi connectivity index (χ0v) is 18.9. The molecule has 0 unspecified atom stereocenters. The van der Waals surface area contributed by atoms with Gasteiger partial charge in [-0.3, -0.25) is 5.43 Å². The minimum atomic E-state index is -3.50. The van der Waals surface area contributed by atoms with Gasteiger partial charge in [0.1, 0.15) is 0 Å². The van der Waals surface area contributed by atoms with Gasteiger partial charge in [0.2, 0.25) is 10.0 Å². The summed E-state index contributed by atoms with van der Waals surface area (Å²) in [5.74, 6) is 0.702. The van der Waals surface area contributed by atoms with E-state index in [0.717, 1.165) is 11.3 Å². The smallest absolute Gasteiger partial charge is 0.243 e. The number of nitrogens with one attached hydrogen (secondary N) is 1. The summed E-state index contributed by atoms with van der Waals surface area (Å²) in [4.78, 5) is 4.83. The minimum Gasteiger partial charge on any atom is -0.379 e. The van der Waals surface area contributed by atoms with Crippen molar-refractivity contribution in [3.63, 3.8) is 0 Å². The van der Waals surface area contributed by atoms with E-state index >= 15 is 0 Å². The molecule has 0 radical (unpaired) electrons. The summed E-state index contributed by atoms with van der Waals surface area (Å²) in [5.41, 5.74) is 5.74. The lowest BCUT2D eigenvalue weighted by Gasteiger charge is -2.26. The number of benzene rings is 3. The molecule has 0 aromatic heterocycles. The fraction of sp³-hybridized carbons (Fsp3) is 0.217. The molecule has 0 amide bonds. The molecule has 1 fully saturated rings. The molecule has 2 aliphatic rings. The van der Waals surface area contributed by atoms with Crippen molar-refractivity contribution in [3.8, 4) is 0 Å². The fourth-order valence-corrected chi connectivity index (χ4v) is 5.83. The molecule has 3 aromatic rings. The lowest BCUT2D eigenvalue weighted by molar-refractivity contribution is 0.0730. The van der Waals surface area contributed by atoms with Crippen LogP contribution in [0.5, 0.6) is 0 Å². The molecule has 3 aromatic carbocycles. The SMILES string of the molecule is O=S(=O)(c1ccc(N=C2NN=C(c3ccc4ccccc4c3)CS2)cc1)N1CCOCC1. The van der Waals surface area contributed by atoms with Crippen molar-refractivity contribution in [3.05, 3.63) is 72.3 Å². The molecule has 2 aliphatic heterocycles. The summed E-state index contributed by atoms with van der Waals surface area (Å²) >= 11 is 1.57. The van der Waals surface area contributed by atoms with Gasteiger partial charge in [-0.25, -0.2) is 13.4 Å². The highest BCUT2D eigenvalue weighted by molar-refractivity contribution is 8.14. The van der Waals surface area contributed by atoms with Gasteiger partial charge in [0.15, 0.2) is 5.17 Å². The second-order valence-corrected chi connectivity index (χ2v) is 10.4. The normalized spacial score (nSPS) is 19.0. The van der Waals surface area contributed by atoms with Gasteiger partial charge in [0.25, 0.3) is 0 Å². The number of thioether (sulfide) groups is 1. The van der Waals surface area contributed by atoms with Crippen LogP contribution in [0.4, 0.5) is 5.69 Å². The Morgan fingerprint density at radius 1 is 0.969 bits per heavy atom. The fourth-order valence-electron chi connectivity index (χ4n) is 3.64. The largest absolute Gasteiger partial charge is 0.379 e. The van der Waals surface area contributed by atoms with Gasteiger partial charge in [0.05, 0.1) is 29.5 Å². The van der Waals surface area contributed by atoms with Gasteiger partial charge in [-0.05, 0) is 46.7 Å². The number of morpholine rings is 1. The molecule has 2 heterocycles. The molecule has 0 spiro atoms. The van der Waals surface area contributed by atoms with Crippen molar-refractivity contribution in [2.24, 2.45) is 10.1 Å². The van der Waals surface area contributed by atoms with E-state index in [0.29, 0.717) is 42.9 Å². The first kappa shape index (κ1) is 21.1. The number of ether oxygens (including phenoxy) is 1. The third-order valence-electron chi connectivity index (χ3n) is 5.39. The molecule has 5 rings (SSSR count). The summed E-state index contributed by atoms with van der Waals surface area (Å²) < 4.78 is 32.2. The molecule has 0 atom stereocenters. The Morgan fingerprint density at radius 3 is 2.44 bits per heavy atom. The van der Waals surface area contributed by atoms with E-state index in [-0.39, 0.29) is 4.90 Å². The van der Waals surface area contributed by atoms with Crippen LogP contribution in [0.1, 0.15) is 5.56 Å². The highest BCUT2D eigenvalue weighted by Crippen LogP contribution is 2.24. The predicted octanol–water partition coefficient (Wildman–Crippen LogP) is 3.59. The molecule has 32 heavy (non-hydrogen) atoms. The molecule has 1 N–H and O–H groups in total. The maximum Gasteiger partial charge on any atom is 0.243 e. The predicted molar refractivity (Wildman–Crippen MR) is 129 cm³/mol. The number of amidine groups is 1. The van der Waals surface area contributed by atoms with E-state index in [4.69, 9.17) is 4.74 Å². The number of hydrazone groups is 1. The van der Waals surface area contributed by atoms with Crippen LogP contribution in [0.15, 0.2) is 81.7 Å². The lowest BCUT2D eigenvalue weighted by atomic mass is 10.0. The molecule has 164 valence electrons. The van der Waals surface area contributed by atoms with Gasteiger partial charge in [-0.15, -0.1) is 0 Å². The van der Waals surface area contributed by atoms with Gasteiger partial charge in [-0.1, -0.05) is 48.2 Å². The van der Waals surface area contributed by atoms with Crippen LogP contribution in [-0.2, 0) is 14.8 Å². The summed E-state index contributed by atoms with van der Waals surface area (Å²) in [6.07, 6.45) is 0. The molecule has 1 saturated heterocycles. The Morgan fingerprint density at radius 2 is 1.72 bits per heavy atom. The van der Waals surface area contributed by atoms with Crippen molar-refractivity contribution in [2.75, 3.05) is 32.1 Å². The summed E-state index contributed by atoms with van der Waals surface area (Å²) in [6, 6.07) is 21.2. The van der Waals surface area contributed by atoms with Crippen molar-refractivity contribution in [1.82, 2.24) is 9.73 Å². The van der Waals surface area contributed by atoms with Gasteiger partial charge in [-0.2, -0.15) is 9.41 Å². The van der Waals surface area contributed by atoms with Crippen LogP contribution in [0.25, 0.3) is 10.8 Å². The molecular weight excluding hydrogens is 444 g/mol. The number of nitrogens with zero attached hydrogens (tertiary/aromatic N) is 3. The quantitative estimate of drug-likeness (QED) is 0.635. The summed E-state index contributed by atoms with van der Waals surface area (Å²) in [6.45, 7) is 1.61. The van der Waals surface area contributed by atoms with E-state index in [9.17, 15) is 8.42 Å². The Balaban J connectivity index is 1.29. The highest BCUT2D eigenvalue weighted by atomic mass is 32.2. The zero-order chi connectivity index (χ0) is 22.0. The van der Waals surface area contributed by atoms with E-state index in [1.165, 1.54) is 15.1 Å². The molecule has 7 nitrogen and oxygen atoms in total. The zero-order valence-electron chi connectivity index (χ0n) is 17.3. The number of aliphatic imine (C=N–C) groups is 1. The maximum atomic E-state index is 12.7. The average molecular weight is 467 g/mol. The maximum absolute atomic E-state index is 12.7. The second kappa shape index (κ2) is 9.03. The average Bonchev–Trinajstić information content (AvgIpc) is 2.85. The molecule has 0 aliphatic carbocycles. The van der Waals surface area contributed by atoms with Crippen molar-refractivity contribution >= 4 is 49.1 Å². The molecule has 9 heteroatoms. The first-order valence-corrected chi connectivity index (χ1v) is 12.7. The number of fused-ring (bicyclic) bond motifs is 1. The van der Waals surface area contributed by atoms with Crippen molar-refractivity contribution < 1.29 is 13.2 Å². The standard InChI is InChI=1S/C23H22N4O3S2/c28-32(29,27-11-13-30-14-12-27)21-9-7-20(8-10-21)24-23-26-25-22(16-31-23)19-6-5-17-3-1-2-4-18(17)15-19/h1-10,15H,11-14,16H2,(H,24,26). The Bertz CT molecular complexity index is 1300. The van der Waals surface area contributed by atoms with Crippen LogP contribution < -0.4 is 5.43 Å². The third kappa shape index (κ3) is 4.42. The summed E-state index contributed by atoms with van der Waals surface area (Å²) in [7, 11) is -3.50. The van der Waals surface area contributed by atoms with E-state index in [1.54, 1.807) is 36.0 Å². The van der Waals surface area contributed by atoms with Gasteiger partial charge >= 0.3 is 0 Å². The van der Waals surface area contributed by atoms with Gasteiger partial charge < -0.3 is 4.74 Å². The number of sulfonamides is 1. The number of hydrogen-bond donors (Lipinski definition) is 1. The van der Waals surface area contributed by atoms with E-state index < -0.39 is 10.0 Å².